The Labute approximate surface area is 121 Å². The van der Waals surface area contributed by atoms with E-state index in [0.717, 1.165) is 0 Å². The minimum Gasteiger partial charge on any atom is -0.481 e. The van der Waals surface area contributed by atoms with Crippen LogP contribution in [0.1, 0.15) is 29.6 Å². The molecule has 7 heteroatoms. The number of carbonyl (C=O) groups excluding carboxylic acids is 2. The molecular formula is C13H18N2O4S. The van der Waals surface area contributed by atoms with Crippen molar-refractivity contribution in [3.63, 3.8) is 0 Å². The van der Waals surface area contributed by atoms with Crippen molar-refractivity contribution in [3.05, 3.63) is 22.4 Å². The summed E-state index contributed by atoms with van der Waals surface area (Å²) in [4.78, 5) is 35.2. The molecule has 0 fully saturated rings. The molecule has 2 N–H and O–H groups in total. The van der Waals surface area contributed by atoms with Crippen molar-refractivity contribution in [2.75, 3.05) is 20.1 Å². The summed E-state index contributed by atoms with van der Waals surface area (Å²) in [6, 6.07) is 1.72. The predicted octanol–water partition coefficient (Wildman–Crippen LogP) is 1.19. The number of nitrogens with one attached hydrogen (secondary N) is 1. The largest absolute Gasteiger partial charge is 0.481 e. The average Bonchev–Trinajstić information content (AvgIpc) is 2.91. The summed E-state index contributed by atoms with van der Waals surface area (Å²) in [6.07, 6.45) is 0.685. The van der Waals surface area contributed by atoms with Crippen LogP contribution in [0.2, 0.25) is 0 Å². The quantitative estimate of drug-likeness (QED) is 0.755. The van der Waals surface area contributed by atoms with Crippen molar-refractivity contribution in [1.29, 1.82) is 0 Å². The van der Waals surface area contributed by atoms with Crippen molar-refractivity contribution >= 4 is 29.1 Å². The first-order valence-corrected chi connectivity index (χ1v) is 7.21. The van der Waals surface area contributed by atoms with Gasteiger partial charge in [0.25, 0.3) is 5.91 Å². The molecule has 110 valence electrons. The monoisotopic (exact) mass is 298 g/mol. The molecule has 0 radical (unpaired) electrons. The molecule has 20 heavy (non-hydrogen) atoms. The number of rotatable bonds is 8. The third kappa shape index (κ3) is 5.83. The van der Waals surface area contributed by atoms with Crippen molar-refractivity contribution in [3.8, 4) is 0 Å². The Balaban J connectivity index is 2.19. The molecule has 1 heterocycles. The van der Waals surface area contributed by atoms with Gasteiger partial charge >= 0.3 is 5.97 Å². The molecule has 2 amide bonds. The highest BCUT2D eigenvalue weighted by Gasteiger charge is 2.10. The maximum Gasteiger partial charge on any atom is 0.303 e. The first-order valence-electron chi connectivity index (χ1n) is 6.27. The highest BCUT2D eigenvalue weighted by Crippen LogP contribution is 2.05. The molecule has 1 aromatic rings. The van der Waals surface area contributed by atoms with Gasteiger partial charge < -0.3 is 15.3 Å². The van der Waals surface area contributed by atoms with E-state index in [-0.39, 0.29) is 31.2 Å². The van der Waals surface area contributed by atoms with Crippen molar-refractivity contribution in [1.82, 2.24) is 10.2 Å². The number of carboxylic acids is 1. The Bertz CT molecular complexity index is 459. The summed E-state index contributed by atoms with van der Waals surface area (Å²) < 4.78 is 0. The van der Waals surface area contributed by atoms with Gasteiger partial charge in [0.1, 0.15) is 0 Å². The van der Waals surface area contributed by atoms with Gasteiger partial charge in [0.15, 0.2) is 0 Å². The van der Waals surface area contributed by atoms with Gasteiger partial charge in [-0.2, -0.15) is 11.3 Å². The summed E-state index contributed by atoms with van der Waals surface area (Å²) >= 11 is 1.44. The maximum atomic E-state index is 11.7. The number of carbonyl (C=O) groups is 3. The third-order valence-corrected chi connectivity index (χ3v) is 3.40. The predicted molar refractivity (Wildman–Crippen MR) is 75.8 cm³/mol. The first-order chi connectivity index (χ1) is 9.50. The third-order valence-electron chi connectivity index (χ3n) is 2.72. The van der Waals surface area contributed by atoms with Gasteiger partial charge in [0.2, 0.25) is 5.91 Å². The van der Waals surface area contributed by atoms with Crippen molar-refractivity contribution < 1.29 is 19.5 Å². The van der Waals surface area contributed by atoms with Gasteiger partial charge in [-0.15, -0.1) is 0 Å². The second kappa shape index (κ2) is 8.31. The van der Waals surface area contributed by atoms with Crippen LogP contribution in [0.4, 0.5) is 0 Å². The molecule has 0 saturated carbocycles. The molecule has 0 aliphatic heterocycles. The standard InChI is InChI=1S/C13H18N2O4S/c1-15(7-2-3-12(17)18)11(16)4-6-14-13(19)10-5-8-20-9-10/h5,8-9H,2-4,6-7H2,1H3,(H,14,19)(H,17,18). The minimum absolute atomic E-state index is 0.0481. The van der Waals surface area contributed by atoms with E-state index < -0.39 is 5.97 Å². The molecular weight excluding hydrogens is 280 g/mol. The number of amides is 2. The molecule has 0 aliphatic carbocycles. The van der Waals surface area contributed by atoms with E-state index in [2.05, 4.69) is 5.32 Å². The second-order valence-corrected chi connectivity index (χ2v) is 5.11. The molecule has 0 aliphatic rings. The summed E-state index contributed by atoms with van der Waals surface area (Å²) in [5.41, 5.74) is 0.595. The lowest BCUT2D eigenvalue weighted by Crippen LogP contribution is -2.32. The summed E-state index contributed by atoms with van der Waals surface area (Å²) in [5, 5.41) is 14.7. The van der Waals surface area contributed by atoms with Crippen LogP contribution in [-0.2, 0) is 9.59 Å². The van der Waals surface area contributed by atoms with Gasteiger partial charge in [-0.05, 0) is 17.9 Å². The zero-order chi connectivity index (χ0) is 15.0. The fraction of sp³-hybridized carbons (Fsp3) is 0.462. The molecule has 0 saturated heterocycles. The Morgan fingerprint density at radius 1 is 1.35 bits per heavy atom. The second-order valence-electron chi connectivity index (χ2n) is 4.33. The lowest BCUT2D eigenvalue weighted by Gasteiger charge is -2.16. The number of thiophene rings is 1. The van der Waals surface area contributed by atoms with Crippen LogP contribution in [0.3, 0.4) is 0 Å². The highest BCUT2D eigenvalue weighted by molar-refractivity contribution is 7.08. The fourth-order valence-corrected chi connectivity index (χ4v) is 2.20. The van der Waals surface area contributed by atoms with Crippen LogP contribution in [0, 0.1) is 0 Å². The number of hydrogen-bond acceptors (Lipinski definition) is 4. The number of carboxylic acid groups (broad SMARTS) is 1. The number of aliphatic carboxylic acids is 1. The molecule has 1 rings (SSSR count). The molecule has 0 bridgehead atoms. The normalized spacial score (nSPS) is 10.1. The smallest absolute Gasteiger partial charge is 0.303 e. The average molecular weight is 298 g/mol. The Morgan fingerprint density at radius 2 is 2.10 bits per heavy atom. The summed E-state index contributed by atoms with van der Waals surface area (Å²) in [6.45, 7) is 0.681. The van der Waals surface area contributed by atoms with Gasteiger partial charge in [-0.3, -0.25) is 14.4 Å². The van der Waals surface area contributed by atoms with Crippen LogP contribution in [0.15, 0.2) is 16.8 Å². The number of nitrogens with zero attached hydrogens (tertiary/aromatic N) is 1. The zero-order valence-electron chi connectivity index (χ0n) is 11.3. The van der Waals surface area contributed by atoms with E-state index in [1.54, 1.807) is 18.5 Å². The zero-order valence-corrected chi connectivity index (χ0v) is 12.1. The SMILES string of the molecule is CN(CCCC(=O)O)C(=O)CCNC(=O)c1ccsc1. The maximum absolute atomic E-state index is 11.7. The van der Waals surface area contributed by atoms with E-state index in [1.165, 1.54) is 16.2 Å². The minimum atomic E-state index is -0.867. The van der Waals surface area contributed by atoms with Gasteiger partial charge in [-0.1, -0.05) is 0 Å². The van der Waals surface area contributed by atoms with E-state index in [4.69, 9.17) is 5.11 Å². The molecule has 0 aromatic carbocycles. The number of hydrogen-bond donors (Lipinski definition) is 2. The lowest BCUT2D eigenvalue weighted by molar-refractivity contribution is -0.138. The van der Waals surface area contributed by atoms with Crippen LogP contribution in [0.5, 0.6) is 0 Å². The molecule has 0 spiro atoms. The Morgan fingerprint density at radius 3 is 2.70 bits per heavy atom. The van der Waals surface area contributed by atoms with Gasteiger partial charge in [0, 0.05) is 43.9 Å². The Hall–Kier alpha value is -1.89. The Kier molecular flexibility index (Phi) is 6.72. The van der Waals surface area contributed by atoms with E-state index >= 15 is 0 Å². The molecule has 1 aromatic heterocycles. The van der Waals surface area contributed by atoms with Gasteiger partial charge in [-0.25, -0.2) is 0 Å². The first kappa shape index (κ1) is 16.2. The van der Waals surface area contributed by atoms with E-state index in [9.17, 15) is 14.4 Å². The van der Waals surface area contributed by atoms with Crippen LogP contribution in [-0.4, -0.2) is 47.9 Å². The fourth-order valence-electron chi connectivity index (χ4n) is 1.56. The van der Waals surface area contributed by atoms with E-state index in [0.29, 0.717) is 18.5 Å². The molecule has 0 unspecified atom stereocenters. The molecule has 6 nitrogen and oxygen atoms in total. The molecule has 0 atom stereocenters. The van der Waals surface area contributed by atoms with E-state index in [1.807, 2.05) is 5.38 Å². The van der Waals surface area contributed by atoms with Crippen molar-refractivity contribution in [2.45, 2.75) is 19.3 Å². The highest BCUT2D eigenvalue weighted by atomic mass is 32.1. The van der Waals surface area contributed by atoms with Gasteiger partial charge in [0.05, 0.1) is 0 Å². The summed E-state index contributed by atoms with van der Waals surface area (Å²) in [5.74, 6) is -1.16. The van der Waals surface area contributed by atoms with Crippen LogP contribution >= 0.6 is 11.3 Å². The lowest BCUT2D eigenvalue weighted by atomic mass is 10.2. The van der Waals surface area contributed by atoms with Crippen LogP contribution in [0.25, 0.3) is 0 Å². The van der Waals surface area contributed by atoms with Crippen molar-refractivity contribution in [2.24, 2.45) is 0 Å². The summed E-state index contributed by atoms with van der Waals surface area (Å²) in [7, 11) is 1.63. The topological polar surface area (TPSA) is 86.7 Å². The van der Waals surface area contributed by atoms with Crippen LogP contribution < -0.4 is 5.32 Å².